The van der Waals surface area contributed by atoms with Gasteiger partial charge < -0.3 is 10.1 Å². The van der Waals surface area contributed by atoms with Gasteiger partial charge in [-0.3, -0.25) is 9.36 Å². The van der Waals surface area contributed by atoms with E-state index < -0.39 is 0 Å². The second kappa shape index (κ2) is 7.55. The second-order valence-electron chi connectivity index (χ2n) is 6.53. The fourth-order valence-corrected chi connectivity index (χ4v) is 3.52. The molecule has 2 N–H and O–H groups in total. The number of benzene rings is 1. The maximum Gasteiger partial charge on any atom is 0.343 e. The highest BCUT2D eigenvalue weighted by Crippen LogP contribution is 2.28. The summed E-state index contributed by atoms with van der Waals surface area (Å²) in [6, 6.07) is 7.29. The lowest BCUT2D eigenvalue weighted by Crippen LogP contribution is -2.43. The molecule has 7 heteroatoms. The van der Waals surface area contributed by atoms with Crippen molar-refractivity contribution in [1.82, 2.24) is 20.1 Å². The van der Waals surface area contributed by atoms with E-state index in [1.54, 1.807) is 26.3 Å². The number of carbonyl (C=O) groups is 1. The minimum absolute atomic E-state index is 0.0676. The van der Waals surface area contributed by atoms with Gasteiger partial charge in [0.05, 0.1) is 12.7 Å². The Balaban J connectivity index is 1.73. The van der Waals surface area contributed by atoms with Crippen molar-refractivity contribution in [3.8, 4) is 5.75 Å². The van der Waals surface area contributed by atoms with Crippen LogP contribution in [0.1, 0.15) is 41.9 Å². The molecule has 1 aliphatic rings. The number of aromatic nitrogens is 3. The van der Waals surface area contributed by atoms with Crippen molar-refractivity contribution in [3.63, 3.8) is 0 Å². The van der Waals surface area contributed by atoms with E-state index in [9.17, 15) is 9.59 Å². The first-order valence-corrected chi connectivity index (χ1v) is 8.64. The van der Waals surface area contributed by atoms with E-state index in [1.807, 2.05) is 12.1 Å². The molecule has 0 radical (unpaired) electrons. The smallest absolute Gasteiger partial charge is 0.343 e. The van der Waals surface area contributed by atoms with Crippen LogP contribution in [0, 0.1) is 5.92 Å². The van der Waals surface area contributed by atoms with E-state index in [-0.39, 0.29) is 23.6 Å². The summed E-state index contributed by atoms with van der Waals surface area (Å²) < 4.78 is 6.82. The van der Waals surface area contributed by atoms with Gasteiger partial charge in [0.2, 0.25) is 0 Å². The van der Waals surface area contributed by atoms with Gasteiger partial charge in [-0.25, -0.2) is 9.89 Å². The number of hydrogen-bond acceptors (Lipinski definition) is 4. The molecule has 0 saturated heterocycles. The van der Waals surface area contributed by atoms with Gasteiger partial charge >= 0.3 is 5.69 Å². The zero-order valence-corrected chi connectivity index (χ0v) is 14.6. The summed E-state index contributed by atoms with van der Waals surface area (Å²) in [7, 11) is 3.28. The summed E-state index contributed by atoms with van der Waals surface area (Å²) >= 11 is 0. The Kier molecular flexibility index (Phi) is 5.21. The predicted molar refractivity (Wildman–Crippen MR) is 93.7 cm³/mol. The monoisotopic (exact) mass is 344 g/mol. The van der Waals surface area contributed by atoms with Crippen LogP contribution in [-0.4, -0.2) is 33.8 Å². The van der Waals surface area contributed by atoms with Gasteiger partial charge in [0.1, 0.15) is 11.6 Å². The molecule has 0 bridgehead atoms. The van der Waals surface area contributed by atoms with Gasteiger partial charge in [0.25, 0.3) is 5.91 Å². The van der Waals surface area contributed by atoms with Crippen molar-refractivity contribution in [2.24, 2.45) is 13.0 Å². The van der Waals surface area contributed by atoms with E-state index >= 15 is 0 Å². The van der Waals surface area contributed by atoms with E-state index in [0.717, 1.165) is 31.5 Å². The molecule has 2 aromatic rings. The van der Waals surface area contributed by atoms with Gasteiger partial charge in [-0.1, -0.05) is 25.0 Å². The lowest BCUT2D eigenvalue weighted by Gasteiger charge is -2.32. The van der Waals surface area contributed by atoms with Crippen LogP contribution in [0.15, 0.2) is 29.1 Å². The summed E-state index contributed by atoms with van der Waals surface area (Å²) in [6.45, 7) is 0. The molecule has 1 aromatic carbocycles. The number of nitrogens with one attached hydrogen (secondary N) is 2. The average Bonchev–Trinajstić information content (AvgIpc) is 2.95. The topological polar surface area (TPSA) is 89.0 Å². The van der Waals surface area contributed by atoms with Gasteiger partial charge in [-0.05, 0) is 30.9 Å². The molecule has 1 amide bonds. The third-order valence-corrected chi connectivity index (χ3v) is 4.99. The van der Waals surface area contributed by atoms with E-state index in [1.165, 1.54) is 4.57 Å². The van der Waals surface area contributed by atoms with Gasteiger partial charge in [0, 0.05) is 19.5 Å². The molecule has 3 rings (SSSR count). The maximum atomic E-state index is 12.7. The van der Waals surface area contributed by atoms with Crippen LogP contribution in [-0.2, 0) is 13.5 Å². The SMILES string of the molecule is COc1ccccc1C(=O)N[C@@H]1CCCC[C@@H]1Cc1n[nH]c(=O)n1C. The maximum absolute atomic E-state index is 12.7. The number of aromatic amines is 1. The Morgan fingerprint density at radius 1 is 1.36 bits per heavy atom. The molecule has 1 saturated carbocycles. The van der Waals surface area contributed by atoms with Crippen molar-refractivity contribution in [2.45, 2.75) is 38.1 Å². The zero-order chi connectivity index (χ0) is 17.8. The van der Waals surface area contributed by atoms with Gasteiger partial charge in [-0.15, -0.1) is 0 Å². The van der Waals surface area contributed by atoms with Crippen molar-refractivity contribution >= 4 is 5.91 Å². The van der Waals surface area contributed by atoms with Crippen molar-refractivity contribution in [2.75, 3.05) is 7.11 Å². The molecule has 7 nitrogen and oxygen atoms in total. The highest BCUT2D eigenvalue weighted by atomic mass is 16.5. The van der Waals surface area contributed by atoms with Crippen molar-refractivity contribution in [3.05, 3.63) is 46.1 Å². The van der Waals surface area contributed by atoms with Crippen LogP contribution >= 0.6 is 0 Å². The third-order valence-electron chi connectivity index (χ3n) is 4.99. The predicted octanol–water partition coefficient (Wildman–Crippen LogP) is 1.65. The number of para-hydroxylation sites is 1. The molecule has 1 heterocycles. The molecule has 0 unspecified atom stereocenters. The first-order chi connectivity index (χ1) is 12.1. The Morgan fingerprint density at radius 3 is 2.84 bits per heavy atom. The standard InChI is InChI=1S/C18H24N4O3/c1-22-16(20-21-18(22)24)11-12-7-3-5-9-14(12)19-17(23)13-8-4-6-10-15(13)25-2/h4,6,8,10,12,14H,3,5,7,9,11H2,1-2H3,(H,19,23)(H,21,24)/t12-,14-/m1/s1. The number of nitrogens with zero attached hydrogens (tertiary/aromatic N) is 2. The number of methoxy groups -OCH3 is 1. The highest BCUT2D eigenvalue weighted by molar-refractivity contribution is 5.97. The lowest BCUT2D eigenvalue weighted by atomic mass is 9.82. The minimum Gasteiger partial charge on any atom is -0.496 e. The Morgan fingerprint density at radius 2 is 2.12 bits per heavy atom. The molecule has 0 aliphatic heterocycles. The third kappa shape index (κ3) is 3.75. The van der Waals surface area contributed by atoms with Crippen LogP contribution in [0.2, 0.25) is 0 Å². The van der Waals surface area contributed by atoms with Gasteiger partial charge in [0.15, 0.2) is 0 Å². The molecular weight excluding hydrogens is 320 g/mol. The van der Waals surface area contributed by atoms with Crippen LogP contribution in [0.5, 0.6) is 5.75 Å². The molecule has 134 valence electrons. The van der Waals surface area contributed by atoms with Crippen LogP contribution in [0.4, 0.5) is 0 Å². The molecule has 0 spiro atoms. The average molecular weight is 344 g/mol. The largest absolute Gasteiger partial charge is 0.496 e. The number of hydrogen-bond donors (Lipinski definition) is 2. The molecule has 2 atom stereocenters. The quantitative estimate of drug-likeness (QED) is 0.863. The lowest BCUT2D eigenvalue weighted by molar-refractivity contribution is 0.0902. The Hall–Kier alpha value is -2.57. The molecule has 1 fully saturated rings. The molecular formula is C18H24N4O3. The zero-order valence-electron chi connectivity index (χ0n) is 14.6. The first kappa shape index (κ1) is 17.3. The summed E-state index contributed by atoms with van der Waals surface area (Å²) in [4.78, 5) is 24.3. The van der Waals surface area contributed by atoms with Crippen LogP contribution in [0.25, 0.3) is 0 Å². The Bertz CT molecular complexity index is 796. The number of amides is 1. The summed E-state index contributed by atoms with van der Waals surface area (Å²) in [5.74, 6) is 1.45. The van der Waals surface area contributed by atoms with Gasteiger partial charge in [-0.2, -0.15) is 5.10 Å². The van der Waals surface area contributed by atoms with Crippen LogP contribution in [0.3, 0.4) is 0 Å². The Labute approximate surface area is 146 Å². The summed E-state index contributed by atoms with van der Waals surface area (Å²) in [6.07, 6.45) is 4.84. The molecule has 1 aromatic heterocycles. The first-order valence-electron chi connectivity index (χ1n) is 8.64. The normalized spacial score (nSPS) is 20.2. The fraction of sp³-hybridized carbons (Fsp3) is 0.500. The van der Waals surface area contributed by atoms with Crippen molar-refractivity contribution < 1.29 is 9.53 Å². The fourth-order valence-electron chi connectivity index (χ4n) is 3.52. The van der Waals surface area contributed by atoms with E-state index in [4.69, 9.17) is 4.74 Å². The molecule has 25 heavy (non-hydrogen) atoms. The number of rotatable bonds is 5. The summed E-state index contributed by atoms with van der Waals surface area (Å²) in [5.41, 5.74) is 0.335. The summed E-state index contributed by atoms with van der Waals surface area (Å²) in [5, 5.41) is 9.74. The highest BCUT2D eigenvalue weighted by Gasteiger charge is 2.29. The second-order valence-corrected chi connectivity index (χ2v) is 6.53. The number of H-pyrrole nitrogens is 1. The van der Waals surface area contributed by atoms with Crippen molar-refractivity contribution in [1.29, 1.82) is 0 Å². The molecule has 1 aliphatic carbocycles. The van der Waals surface area contributed by atoms with Crippen LogP contribution < -0.4 is 15.7 Å². The number of carbonyl (C=O) groups excluding carboxylic acids is 1. The van der Waals surface area contributed by atoms with E-state index in [2.05, 4.69) is 15.5 Å². The minimum atomic E-state index is -0.208. The number of ether oxygens (including phenoxy) is 1. The van der Waals surface area contributed by atoms with E-state index in [0.29, 0.717) is 17.7 Å².